The van der Waals surface area contributed by atoms with Gasteiger partial charge in [-0.1, -0.05) is 90.0 Å². The summed E-state index contributed by atoms with van der Waals surface area (Å²) >= 11 is 0. The van der Waals surface area contributed by atoms with Gasteiger partial charge in [-0.05, 0) is 97.8 Å². The summed E-state index contributed by atoms with van der Waals surface area (Å²) in [6.45, 7) is 4.36. The Labute approximate surface area is 272 Å². The summed E-state index contributed by atoms with van der Waals surface area (Å²) in [5.74, 6) is 0. The van der Waals surface area contributed by atoms with Gasteiger partial charge in [0.1, 0.15) is 0 Å². The summed E-state index contributed by atoms with van der Waals surface area (Å²) in [7, 11) is 0. The Hall–Kier alpha value is -6.06. The van der Waals surface area contributed by atoms with Crippen LogP contribution in [0.25, 0.3) is 82.2 Å². The Morgan fingerprint density at radius 3 is 1.32 bits per heavy atom. The first kappa shape index (κ1) is 26.2. The Balaban J connectivity index is 1.24. The fraction of sp³-hybridized carbons (Fsp3) is 0.0455. The summed E-state index contributed by atoms with van der Waals surface area (Å²) in [5, 5.41) is 7.60. The van der Waals surface area contributed by atoms with Gasteiger partial charge >= 0.3 is 0 Å². The molecule has 3 aromatic heterocycles. The third-order valence-electron chi connectivity index (χ3n) is 9.92. The quantitative estimate of drug-likeness (QED) is 0.191. The van der Waals surface area contributed by atoms with Crippen molar-refractivity contribution in [3.63, 3.8) is 0 Å². The lowest BCUT2D eigenvalue weighted by Crippen LogP contribution is -2.08. The Kier molecular flexibility index (Phi) is 5.41. The van der Waals surface area contributed by atoms with Crippen LogP contribution in [-0.2, 0) is 0 Å². The van der Waals surface area contributed by atoms with Crippen molar-refractivity contribution in [1.29, 1.82) is 0 Å². The van der Waals surface area contributed by atoms with E-state index in [1.54, 1.807) is 0 Å². The summed E-state index contributed by atoms with van der Waals surface area (Å²) in [4.78, 5) is 0. The van der Waals surface area contributed by atoms with Gasteiger partial charge in [0.05, 0.1) is 33.1 Å². The predicted octanol–water partition coefficient (Wildman–Crippen LogP) is 11.6. The van der Waals surface area contributed by atoms with Crippen LogP contribution in [0.5, 0.6) is 0 Å². The zero-order chi connectivity index (χ0) is 31.2. The molecule has 47 heavy (non-hydrogen) atoms. The summed E-state index contributed by atoms with van der Waals surface area (Å²) in [5.41, 5.74) is 13.4. The summed E-state index contributed by atoms with van der Waals surface area (Å²) in [6, 6.07) is 55.8. The predicted molar refractivity (Wildman–Crippen MR) is 199 cm³/mol. The lowest BCUT2D eigenvalue weighted by Gasteiger charge is -2.13. The van der Waals surface area contributed by atoms with Gasteiger partial charge in [0.2, 0.25) is 0 Å². The molecule has 10 rings (SSSR count). The van der Waals surface area contributed by atoms with Crippen molar-refractivity contribution in [3.05, 3.63) is 163 Å². The first-order valence-corrected chi connectivity index (χ1v) is 16.3. The number of aromatic nitrogens is 3. The highest BCUT2D eigenvalue weighted by molar-refractivity contribution is 6.14. The molecule has 0 N–H and O–H groups in total. The summed E-state index contributed by atoms with van der Waals surface area (Å²) < 4.78 is 7.20. The zero-order valence-electron chi connectivity index (χ0n) is 26.3. The molecule has 7 aromatic carbocycles. The van der Waals surface area contributed by atoms with E-state index in [2.05, 4.69) is 179 Å². The molecule has 0 aliphatic rings. The molecule has 3 nitrogen and oxygen atoms in total. The van der Waals surface area contributed by atoms with E-state index in [0.29, 0.717) is 0 Å². The average Bonchev–Trinajstić information content (AvgIpc) is 3.73. The second-order valence-corrected chi connectivity index (χ2v) is 12.8. The Morgan fingerprint density at radius 2 is 0.723 bits per heavy atom. The zero-order valence-corrected chi connectivity index (χ0v) is 26.3. The average molecular weight is 602 g/mol. The second kappa shape index (κ2) is 9.72. The molecule has 0 atom stereocenters. The number of fused-ring (bicyclic) bond motifs is 9. The van der Waals surface area contributed by atoms with Gasteiger partial charge in [-0.3, -0.25) is 0 Å². The molecule has 0 aliphatic carbocycles. The van der Waals surface area contributed by atoms with E-state index in [1.807, 2.05) is 0 Å². The van der Waals surface area contributed by atoms with Crippen molar-refractivity contribution in [1.82, 2.24) is 13.9 Å². The van der Waals surface area contributed by atoms with Crippen LogP contribution < -0.4 is 0 Å². The summed E-state index contributed by atoms with van der Waals surface area (Å²) in [6.07, 6.45) is 0. The highest BCUT2D eigenvalue weighted by atomic mass is 15.5. The van der Waals surface area contributed by atoms with Gasteiger partial charge < -0.3 is 4.57 Å². The highest BCUT2D eigenvalue weighted by Crippen LogP contribution is 2.39. The minimum absolute atomic E-state index is 1.18. The number of rotatable bonds is 3. The molecule has 3 heteroatoms. The molecule has 0 unspecified atom stereocenters. The molecule has 0 saturated carbocycles. The van der Waals surface area contributed by atoms with Crippen molar-refractivity contribution in [2.24, 2.45) is 0 Å². The topological polar surface area (TPSA) is 14.8 Å². The van der Waals surface area contributed by atoms with E-state index in [0.717, 1.165) is 0 Å². The largest absolute Gasteiger partial charge is 0.309 e. The SMILES string of the molecule is Cc1ccc2c(c1)c1cc(-c3ccc4c(c3)c3cc(C)ccc3n4-n3c4ccccc4c4ccccc43)ccc1n2-c1ccccc1. The highest BCUT2D eigenvalue weighted by Gasteiger charge is 2.19. The molecular formula is C44H31N3. The molecule has 0 amide bonds. The minimum Gasteiger partial charge on any atom is -0.309 e. The van der Waals surface area contributed by atoms with E-state index >= 15 is 0 Å². The van der Waals surface area contributed by atoms with E-state index < -0.39 is 0 Å². The third kappa shape index (κ3) is 3.74. The monoisotopic (exact) mass is 601 g/mol. The number of para-hydroxylation sites is 3. The molecule has 10 aromatic rings. The first-order chi connectivity index (χ1) is 23.1. The number of benzene rings is 7. The Morgan fingerprint density at radius 1 is 0.319 bits per heavy atom. The van der Waals surface area contributed by atoms with Crippen molar-refractivity contribution >= 4 is 65.4 Å². The third-order valence-corrected chi connectivity index (χ3v) is 9.92. The minimum atomic E-state index is 1.18. The maximum atomic E-state index is 2.41. The van der Waals surface area contributed by atoms with Gasteiger partial charge in [0, 0.05) is 38.0 Å². The molecule has 0 radical (unpaired) electrons. The van der Waals surface area contributed by atoms with E-state index in [9.17, 15) is 0 Å². The van der Waals surface area contributed by atoms with Crippen LogP contribution in [0.2, 0.25) is 0 Å². The van der Waals surface area contributed by atoms with Crippen molar-refractivity contribution in [3.8, 4) is 16.8 Å². The molecular weight excluding hydrogens is 571 g/mol. The van der Waals surface area contributed by atoms with Crippen LogP contribution in [0.15, 0.2) is 152 Å². The normalized spacial score (nSPS) is 12.0. The molecule has 3 heterocycles. The lowest BCUT2D eigenvalue weighted by atomic mass is 10.00. The molecule has 0 aliphatic heterocycles. The maximum Gasteiger partial charge on any atom is 0.0716 e. The van der Waals surface area contributed by atoms with Crippen LogP contribution in [0, 0.1) is 13.8 Å². The molecule has 0 spiro atoms. The smallest absolute Gasteiger partial charge is 0.0716 e. The second-order valence-electron chi connectivity index (χ2n) is 12.8. The number of hydrogen-bond donors (Lipinski definition) is 0. The molecule has 0 saturated heterocycles. The molecule has 0 fully saturated rings. The van der Waals surface area contributed by atoms with Gasteiger partial charge in [-0.2, -0.15) is 0 Å². The number of aryl methyl sites for hydroxylation is 2. The van der Waals surface area contributed by atoms with Gasteiger partial charge in [-0.25, -0.2) is 9.35 Å². The van der Waals surface area contributed by atoms with Crippen molar-refractivity contribution in [2.45, 2.75) is 13.8 Å². The fourth-order valence-corrected chi connectivity index (χ4v) is 7.80. The van der Waals surface area contributed by atoms with Crippen molar-refractivity contribution in [2.75, 3.05) is 0 Å². The molecule has 222 valence electrons. The van der Waals surface area contributed by atoms with E-state index in [-0.39, 0.29) is 0 Å². The van der Waals surface area contributed by atoms with E-state index in [1.165, 1.54) is 93.4 Å². The van der Waals surface area contributed by atoms with Gasteiger partial charge in [-0.15, -0.1) is 0 Å². The van der Waals surface area contributed by atoms with E-state index in [4.69, 9.17) is 0 Å². The maximum absolute atomic E-state index is 2.41. The van der Waals surface area contributed by atoms with Crippen LogP contribution in [0.3, 0.4) is 0 Å². The number of nitrogens with zero attached hydrogens (tertiary/aromatic N) is 3. The first-order valence-electron chi connectivity index (χ1n) is 16.3. The fourth-order valence-electron chi connectivity index (χ4n) is 7.80. The van der Waals surface area contributed by atoms with Crippen LogP contribution >= 0.6 is 0 Å². The standard InChI is InChI=1S/C44H31N3/c1-28-16-20-39-35(24-28)37-26-30(18-22-40(37)45(39)32-10-4-3-5-11-32)31-19-23-44-38(27-31)36-25-29(2)17-21-43(36)47(44)46-41-14-8-6-12-33(41)34-13-7-9-15-42(34)46/h3-27H,1-2H3. The van der Waals surface area contributed by atoms with Gasteiger partial charge in [0.25, 0.3) is 0 Å². The lowest BCUT2D eigenvalue weighted by molar-refractivity contribution is 0.775. The molecule has 0 bridgehead atoms. The number of hydrogen-bond acceptors (Lipinski definition) is 0. The van der Waals surface area contributed by atoms with Crippen LogP contribution in [0.4, 0.5) is 0 Å². The van der Waals surface area contributed by atoms with Crippen molar-refractivity contribution < 1.29 is 0 Å². The van der Waals surface area contributed by atoms with Crippen LogP contribution in [0.1, 0.15) is 11.1 Å². The van der Waals surface area contributed by atoms with Gasteiger partial charge in [0.15, 0.2) is 0 Å². The Bertz CT molecular complexity index is 2810. The van der Waals surface area contributed by atoms with Crippen LogP contribution in [-0.4, -0.2) is 13.9 Å².